The van der Waals surface area contributed by atoms with Crippen LogP contribution in [0.15, 0.2) is 48.5 Å². The number of rotatable bonds is 4. The minimum Gasteiger partial charge on any atom is -0.356 e. The van der Waals surface area contributed by atoms with Gasteiger partial charge >= 0.3 is 0 Å². The van der Waals surface area contributed by atoms with Crippen molar-refractivity contribution in [2.75, 3.05) is 5.32 Å². The first kappa shape index (κ1) is 13.7. The van der Waals surface area contributed by atoms with Crippen LogP contribution in [-0.4, -0.2) is 0 Å². The molecule has 0 aromatic heterocycles. The van der Waals surface area contributed by atoms with Crippen molar-refractivity contribution in [3.05, 3.63) is 59.7 Å². The maximum atomic E-state index is 3.47. The Morgan fingerprint density at radius 2 is 1.32 bits per heavy atom. The molecule has 1 N–H and O–H groups in total. The molecule has 19 heavy (non-hydrogen) atoms. The van der Waals surface area contributed by atoms with Gasteiger partial charge in [0.2, 0.25) is 0 Å². The molecule has 1 heteroatoms. The molecule has 0 amide bonds. The Hall–Kier alpha value is -1.76. The van der Waals surface area contributed by atoms with E-state index in [1.54, 1.807) is 0 Å². The van der Waals surface area contributed by atoms with Crippen LogP contribution in [0.5, 0.6) is 0 Å². The van der Waals surface area contributed by atoms with Crippen LogP contribution >= 0.6 is 0 Å². The fraction of sp³-hybridized carbons (Fsp3) is 0.333. The third-order valence-corrected chi connectivity index (χ3v) is 3.42. The Morgan fingerprint density at radius 3 is 1.89 bits per heavy atom. The molecule has 0 spiro atoms. The lowest BCUT2D eigenvalue weighted by atomic mass is 10.0. The van der Waals surface area contributed by atoms with Crippen LogP contribution in [0.3, 0.4) is 0 Å². The van der Waals surface area contributed by atoms with E-state index in [2.05, 4.69) is 81.5 Å². The van der Waals surface area contributed by atoms with Gasteiger partial charge in [0.1, 0.15) is 0 Å². The highest BCUT2D eigenvalue weighted by Crippen LogP contribution is 2.23. The first-order valence-corrected chi connectivity index (χ1v) is 7.03. The topological polar surface area (TPSA) is 12.0 Å². The minimum absolute atomic E-state index is 0.560. The average molecular weight is 253 g/mol. The summed E-state index contributed by atoms with van der Waals surface area (Å²) in [4.78, 5) is 0. The molecule has 0 radical (unpaired) electrons. The molecule has 0 saturated carbocycles. The summed E-state index contributed by atoms with van der Waals surface area (Å²) in [5.74, 6) is 1.14. The van der Waals surface area contributed by atoms with Gasteiger partial charge in [-0.25, -0.2) is 0 Å². The van der Waals surface area contributed by atoms with Crippen molar-refractivity contribution in [2.24, 2.45) is 0 Å². The highest BCUT2D eigenvalue weighted by Gasteiger charge is 2.02. The summed E-state index contributed by atoms with van der Waals surface area (Å²) in [7, 11) is 0. The zero-order chi connectivity index (χ0) is 13.8. The maximum Gasteiger partial charge on any atom is 0.0387 e. The van der Waals surface area contributed by atoms with Crippen LogP contribution in [0.2, 0.25) is 0 Å². The summed E-state index contributed by atoms with van der Waals surface area (Å²) in [6.07, 6.45) is 0. The summed E-state index contributed by atoms with van der Waals surface area (Å²) in [6, 6.07) is 17.3. The van der Waals surface area contributed by atoms with E-state index in [1.807, 2.05) is 0 Å². The summed E-state index contributed by atoms with van der Waals surface area (Å²) >= 11 is 0. The molecule has 1 nitrogen and oxygen atoms in total. The molecule has 0 bridgehead atoms. The molecule has 0 heterocycles. The minimum atomic E-state index is 0.560. The lowest BCUT2D eigenvalue weighted by molar-refractivity contribution is 0.866. The van der Waals surface area contributed by atoms with E-state index in [1.165, 1.54) is 11.1 Å². The molecule has 2 rings (SSSR count). The lowest BCUT2D eigenvalue weighted by Crippen LogP contribution is -1.94. The quantitative estimate of drug-likeness (QED) is 0.739. The molecule has 0 fully saturated rings. The number of benzene rings is 2. The molecule has 0 atom stereocenters. The first-order chi connectivity index (χ1) is 9.06. The van der Waals surface area contributed by atoms with Gasteiger partial charge in [-0.15, -0.1) is 0 Å². The third-order valence-electron chi connectivity index (χ3n) is 3.42. The second kappa shape index (κ2) is 5.92. The summed E-state index contributed by atoms with van der Waals surface area (Å²) < 4.78 is 0. The van der Waals surface area contributed by atoms with E-state index in [0.29, 0.717) is 11.8 Å². The van der Waals surface area contributed by atoms with Crippen molar-refractivity contribution >= 4 is 11.4 Å². The monoisotopic (exact) mass is 253 g/mol. The van der Waals surface area contributed by atoms with Gasteiger partial charge in [-0.2, -0.15) is 0 Å². The summed E-state index contributed by atoms with van der Waals surface area (Å²) in [6.45, 7) is 8.87. The van der Waals surface area contributed by atoms with Gasteiger partial charge in [-0.3, -0.25) is 0 Å². The molecule has 2 aromatic carbocycles. The molecule has 2 aromatic rings. The smallest absolute Gasteiger partial charge is 0.0387 e. The van der Waals surface area contributed by atoms with Crippen molar-refractivity contribution in [3.63, 3.8) is 0 Å². The van der Waals surface area contributed by atoms with E-state index >= 15 is 0 Å². The zero-order valence-corrected chi connectivity index (χ0v) is 12.3. The van der Waals surface area contributed by atoms with Crippen LogP contribution in [0.4, 0.5) is 11.4 Å². The van der Waals surface area contributed by atoms with Crippen molar-refractivity contribution in [1.82, 2.24) is 0 Å². The molecular formula is C18H23N. The second-order valence-electron chi connectivity index (χ2n) is 5.68. The average Bonchev–Trinajstić information content (AvgIpc) is 2.39. The van der Waals surface area contributed by atoms with Crippen LogP contribution in [0, 0.1) is 0 Å². The first-order valence-electron chi connectivity index (χ1n) is 7.03. The molecule has 100 valence electrons. The van der Waals surface area contributed by atoms with Gasteiger partial charge in [-0.05, 0) is 47.2 Å². The predicted molar refractivity (Wildman–Crippen MR) is 84.3 cm³/mol. The number of hydrogen-bond acceptors (Lipinski definition) is 1. The van der Waals surface area contributed by atoms with Crippen LogP contribution < -0.4 is 5.32 Å². The van der Waals surface area contributed by atoms with E-state index in [9.17, 15) is 0 Å². The van der Waals surface area contributed by atoms with Gasteiger partial charge in [-0.1, -0.05) is 52.0 Å². The second-order valence-corrected chi connectivity index (χ2v) is 5.68. The van der Waals surface area contributed by atoms with Crippen molar-refractivity contribution in [2.45, 2.75) is 39.5 Å². The molecule has 0 unspecified atom stereocenters. The number of hydrogen-bond donors (Lipinski definition) is 1. The van der Waals surface area contributed by atoms with E-state index in [-0.39, 0.29) is 0 Å². The summed E-state index contributed by atoms with van der Waals surface area (Å²) in [5, 5.41) is 3.47. The molecule has 0 aliphatic heterocycles. The Bertz CT molecular complexity index is 524. The molecule has 0 aliphatic carbocycles. The Balaban J connectivity index is 2.14. The number of nitrogens with one attached hydrogen (secondary N) is 1. The lowest BCUT2D eigenvalue weighted by Gasteiger charge is -2.11. The summed E-state index contributed by atoms with van der Waals surface area (Å²) in [5.41, 5.74) is 5.04. The van der Waals surface area contributed by atoms with Crippen LogP contribution in [0.25, 0.3) is 0 Å². The van der Waals surface area contributed by atoms with Crippen LogP contribution in [-0.2, 0) is 0 Å². The molecular weight excluding hydrogens is 230 g/mol. The standard InChI is InChI=1S/C18H23N/c1-13(2)15-8-10-17(11-9-15)19-18-7-5-6-16(12-18)14(3)4/h5-14,19H,1-4H3. The normalized spacial score (nSPS) is 11.1. The van der Waals surface area contributed by atoms with Crippen molar-refractivity contribution < 1.29 is 0 Å². The van der Waals surface area contributed by atoms with E-state index < -0.39 is 0 Å². The van der Waals surface area contributed by atoms with Gasteiger partial charge < -0.3 is 5.32 Å². The molecule has 0 saturated heterocycles. The van der Waals surface area contributed by atoms with Gasteiger partial charge in [0.15, 0.2) is 0 Å². The van der Waals surface area contributed by atoms with Gasteiger partial charge in [0.25, 0.3) is 0 Å². The highest BCUT2D eigenvalue weighted by molar-refractivity contribution is 5.60. The fourth-order valence-corrected chi connectivity index (χ4v) is 2.09. The third kappa shape index (κ3) is 3.60. The van der Waals surface area contributed by atoms with Gasteiger partial charge in [0, 0.05) is 11.4 Å². The largest absolute Gasteiger partial charge is 0.356 e. The SMILES string of the molecule is CC(C)c1ccc(Nc2cccc(C(C)C)c2)cc1. The molecule has 0 aliphatic rings. The van der Waals surface area contributed by atoms with E-state index in [4.69, 9.17) is 0 Å². The van der Waals surface area contributed by atoms with E-state index in [0.717, 1.165) is 11.4 Å². The fourth-order valence-electron chi connectivity index (χ4n) is 2.09. The zero-order valence-electron chi connectivity index (χ0n) is 12.3. The predicted octanol–water partition coefficient (Wildman–Crippen LogP) is 5.68. The van der Waals surface area contributed by atoms with Crippen molar-refractivity contribution in [1.29, 1.82) is 0 Å². The Morgan fingerprint density at radius 1 is 0.684 bits per heavy atom. The van der Waals surface area contributed by atoms with Gasteiger partial charge in [0.05, 0.1) is 0 Å². The highest BCUT2D eigenvalue weighted by atomic mass is 14.9. The van der Waals surface area contributed by atoms with Crippen molar-refractivity contribution in [3.8, 4) is 0 Å². The Labute approximate surface area is 116 Å². The van der Waals surface area contributed by atoms with Crippen LogP contribution in [0.1, 0.15) is 50.7 Å². The number of anilines is 2. The Kier molecular flexibility index (Phi) is 4.26. The maximum absolute atomic E-state index is 3.47.